The molecule has 1 unspecified atom stereocenters. The van der Waals surface area contributed by atoms with Crippen LogP contribution in [0.4, 0.5) is 5.69 Å². The highest BCUT2D eigenvalue weighted by atomic mass is 79.9. The van der Waals surface area contributed by atoms with Gasteiger partial charge in [0, 0.05) is 18.7 Å². The molecule has 0 amide bonds. The molecule has 6 nitrogen and oxygen atoms in total. The van der Waals surface area contributed by atoms with Gasteiger partial charge in [0.15, 0.2) is 0 Å². The van der Waals surface area contributed by atoms with Crippen LogP contribution >= 0.6 is 15.9 Å². The molecular weight excluding hydrogens is 328 g/mol. The van der Waals surface area contributed by atoms with Gasteiger partial charge in [-0.1, -0.05) is 12.1 Å². The predicted octanol–water partition coefficient (Wildman–Crippen LogP) is 2.80. The van der Waals surface area contributed by atoms with E-state index in [1.54, 1.807) is 6.07 Å². The van der Waals surface area contributed by atoms with Crippen molar-refractivity contribution in [3.8, 4) is 0 Å². The maximum absolute atomic E-state index is 10.9. The maximum Gasteiger partial charge on any atom is 0.304 e. The summed E-state index contributed by atoms with van der Waals surface area (Å²) in [5.74, 6) is -0.806. The van der Waals surface area contributed by atoms with E-state index < -0.39 is 10.9 Å². The number of aliphatic carboxylic acids is 1. The first kappa shape index (κ1) is 14.9. The number of carboxylic acid groups (broad SMARTS) is 1. The van der Waals surface area contributed by atoms with Crippen LogP contribution in [0.2, 0.25) is 0 Å². The number of rotatable bonds is 5. The standard InChI is InChI=1S/C13H15BrN2O4/c14-13-9(3-1-5-11(13)16(19)20)8-15-6-2-4-10(15)7-12(17)18/h1,3,5,10H,2,4,6-8H2,(H,17,18). The van der Waals surface area contributed by atoms with Gasteiger partial charge in [-0.3, -0.25) is 19.8 Å². The summed E-state index contributed by atoms with van der Waals surface area (Å²) in [7, 11) is 0. The minimum atomic E-state index is -0.806. The monoisotopic (exact) mass is 342 g/mol. The van der Waals surface area contributed by atoms with Gasteiger partial charge in [0.25, 0.3) is 5.69 Å². The van der Waals surface area contributed by atoms with E-state index in [1.165, 1.54) is 6.07 Å². The molecule has 0 saturated carbocycles. The normalized spacial score (nSPS) is 19.1. The first-order chi connectivity index (χ1) is 9.49. The molecule has 0 aromatic heterocycles. The minimum absolute atomic E-state index is 0.0127. The molecule has 1 aromatic carbocycles. The van der Waals surface area contributed by atoms with E-state index in [0.29, 0.717) is 11.0 Å². The zero-order valence-corrected chi connectivity index (χ0v) is 12.4. The quantitative estimate of drug-likeness (QED) is 0.657. The average Bonchev–Trinajstić information content (AvgIpc) is 2.78. The van der Waals surface area contributed by atoms with Crippen LogP contribution in [0.5, 0.6) is 0 Å². The van der Waals surface area contributed by atoms with E-state index in [-0.39, 0.29) is 18.2 Å². The van der Waals surface area contributed by atoms with E-state index in [0.717, 1.165) is 24.9 Å². The molecule has 1 saturated heterocycles. The highest BCUT2D eigenvalue weighted by Gasteiger charge is 2.27. The largest absolute Gasteiger partial charge is 0.481 e. The zero-order valence-electron chi connectivity index (χ0n) is 10.8. The Labute approximate surface area is 124 Å². The second kappa shape index (κ2) is 6.32. The van der Waals surface area contributed by atoms with Crippen molar-refractivity contribution < 1.29 is 14.8 Å². The van der Waals surface area contributed by atoms with Crippen molar-refractivity contribution in [1.29, 1.82) is 0 Å². The van der Waals surface area contributed by atoms with Crippen LogP contribution in [0.3, 0.4) is 0 Å². The van der Waals surface area contributed by atoms with E-state index in [1.807, 2.05) is 6.07 Å². The van der Waals surface area contributed by atoms with Gasteiger partial charge in [-0.05, 0) is 40.9 Å². The lowest BCUT2D eigenvalue weighted by Crippen LogP contribution is -2.31. The number of hydrogen-bond donors (Lipinski definition) is 1. The average molecular weight is 343 g/mol. The Hall–Kier alpha value is -1.47. The molecule has 108 valence electrons. The molecule has 0 radical (unpaired) electrons. The number of halogens is 1. The molecule has 1 heterocycles. The smallest absolute Gasteiger partial charge is 0.304 e. The van der Waals surface area contributed by atoms with Crippen molar-refractivity contribution in [1.82, 2.24) is 4.90 Å². The lowest BCUT2D eigenvalue weighted by Gasteiger charge is -2.23. The van der Waals surface area contributed by atoms with Crippen LogP contribution in [-0.4, -0.2) is 33.5 Å². The van der Waals surface area contributed by atoms with Crippen LogP contribution in [0.15, 0.2) is 22.7 Å². The molecule has 1 aliphatic heterocycles. The van der Waals surface area contributed by atoms with Crippen molar-refractivity contribution in [3.05, 3.63) is 38.3 Å². The van der Waals surface area contributed by atoms with Gasteiger partial charge in [0.2, 0.25) is 0 Å². The van der Waals surface area contributed by atoms with Crippen LogP contribution in [0, 0.1) is 10.1 Å². The Bertz CT molecular complexity index is 535. The maximum atomic E-state index is 10.9. The summed E-state index contributed by atoms with van der Waals surface area (Å²) in [6.07, 6.45) is 1.94. The van der Waals surface area contributed by atoms with Crippen LogP contribution in [-0.2, 0) is 11.3 Å². The van der Waals surface area contributed by atoms with Gasteiger partial charge < -0.3 is 5.11 Å². The molecular formula is C13H15BrN2O4. The van der Waals surface area contributed by atoms with E-state index in [9.17, 15) is 14.9 Å². The van der Waals surface area contributed by atoms with Crippen LogP contribution in [0.1, 0.15) is 24.8 Å². The zero-order chi connectivity index (χ0) is 14.7. The summed E-state index contributed by atoms with van der Waals surface area (Å²) < 4.78 is 0.478. The van der Waals surface area contributed by atoms with E-state index in [2.05, 4.69) is 20.8 Å². The van der Waals surface area contributed by atoms with Crippen molar-refractivity contribution in [2.24, 2.45) is 0 Å². The third-order valence-corrected chi connectivity index (χ3v) is 4.45. The second-order valence-corrected chi connectivity index (χ2v) is 5.66. The molecule has 2 rings (SSSR count). The third-order valence-electron chi connectivity index (χ3n) is 3.54. The molecule has 0 aliphatic carbocycles. The SMILES string of the molecule is O=C(O)CC1CCCN1Cc1cccc([N+](=O)[O-])c1Br. The highest BCUT2D eigenvalue weighted by molar-refractivity contribution is 9.10. The lowest BCUT2D eigenvalue weighted by atomic mass is 10.1. The Morgan fingerprint density at radius 2 is 2.30 bits per heavy atom. The summed E-state index contributed by atoms with van der Waals surface area (Å²) in [6, 6.07) is 4.94. The number of carbonyl (C=O) groups is 1. The second-order valence-electron chi connectivity index (χ2n) is 4.87. The molecule has 1 aliphatic rings. The Morgan fingerprint density at radius 3 is 2.95 bits per heavy atom. The van der Waals surface area contributed by atoms with Gasteiger partial charge in [-0.15, -0.1) is 0 Å². The minimum Gasteiger partial charge on any atom is -0.481 e. The summed E-state index contributed by atoms with van der Waals surface area (Å²) in [4.78, 5) is 23.4. The van der Waals surface area contributed by atoms with Crippen molar-refractivity contribution >= 4 is 27.6 Å². The van der Waals surface area contributed by atoms with Crippen LogP contribution < -0.4 is 0 Å². The van der Waals surface area contributed by atoms with Gasteiger partial charge >= 0.3 is 5.97 Å². The number of benzene rings is 1. The number of hydrogen-bond acceptors (Lipinski definition) is 4. The van der Waals surface area contributed by atoms with Crippen molar-refractivity contribution in [2.45, 2.75) is 31.8 Å². The topological polar surface area (TPSA) is 83.7 Å². The highest BCUT2D eigenvalue weighted by Crippen LogP contribution is 2.31. The predicted molar refractivity (Wildman–Crippen MR) is 76.5 cm³/mol. The fraction of sp³-hybridized carbons (Fsp3) is 0.462. The molecule has 1 N–H and O–H groups in total. The Balaban J connectivity index is 2.15. The summed E-state index contributed by atoms with van der Waals surface area (Å²) in [6.45, 7) is 1.35. The summed E-state index contributed by atoms with van der Waals surface area (Å²) in [5, 5.41) is 19.8. The Morgan fingerprint density at radius 1 is 1.55 bits per heavy atom. The summed E-state index contributed by atoms with van der Waals surface area (Å²) in [5.41, 5.74) is 0.855. The number of nitro groups is 1. The fourth-order valence-corrected chi connectivity index (χ4v) is 3.12. The van der Waals surface area contributed by atoms with Gasteiger partial charge in [-0.2, -0.15) is 0 Å². The number of nitro benzene ring substituents is 1. The third kappa shape index (κ3) is 3.34. The first-order valence-corrected chi connectivity index (χ1v) is 7.16. The van der Waals surface area contributed by atoms with Crippen LogP contribution in [0.25, 0.3) is 0 Å². The summed E-state index contributed by atoms with van der Waals surface area (Å²) >= 11 is 3.28. The van der Waals surface area contributed by atoms with Crippen molar-refractivity contribution in [3.63, 3.8) is 0 Å². The number of likely N-dealkylation sites (tertiary alicyclic amines) is 1. The fourth-order valence-electron chi connectivity index (χ4n) is 2.58. The van der Waals surface area contributed by atoms with E-state index in [4.69, 9.17) is 5.11 Å². The van der Waals surface area contributed by atoms with Gasteiger partial charge in [0.05, 0.1) is 15.8 Å². The molecule has 1 fully saturated rings. The lowest BCUT2D eigenvalue weighted by molar-refractivity contribution is -0.385. The van der Waals surface area contributed by atoms with Crippen molar-refractivity contribution in [2.75, 3.05) is 6.54 Å². The molecule has 1 aromatic rings. The Kier molecular flexibility index (Phi) is 4.72. The molecule has 7 heteroatoms. The number of carboxylic acids is 1. The number of nitrogens with zero attached hydrogens (tertiary/aromatic N) is 2. The molecule has 20 heavy (non-hydrogen) atoms. The van der Waals surface area contributed by atoms with E-state index >= 15 is 0 Å². The molecule has 0 spiro atoms. The molecule has 1 atom stereocenters. The van der Waals surface area contributed by atoms with Gasteiger partial charge in [-0.25, -0.2) is 0 Å². The van der Waals surface area contributed by atoms with Gasteiger partial charge in [0.1, 0.15) is 0 Å². The molecule has 0 bridgehead atoms. The first-order valence-electron chi connectivity index (χ1n) is 6.36.